The van der Waals surface area contributed by atoms with Crippen LogP contribution in [-0.2, 0) is 33.9 Å². The number of sulfonamides is 1. The molecule has 2 amide bonds. The number of carbonyl (C=O) groups is 4. The summed E-state index contributed by atoms with van der Waals surface area (Å²) in [5, 5.41) is -0.728. The van der Waals surface area contributed by atoms with Gasteiger partial charge in [0.05, 0.1) is 40.7 Å². The number of aromatic nitrogens is 2. The molecule has 2 aromatic rings. The molecule has 1 aromatic heterocycles. The van der Waals surface area contributed by atoms with E-state index in [1.807, 2.05) is 18.2 Å². The van der Waals surface area contributed by atoms with E-state index in [9.17, 15) is 27.6 Å². The molecule has 52 heavy (non-hydrogen) atoms. The highest BCUT2D eigenvalue weighted by atomic mass is 32.2. The number of Topliss-reactive ketones (excluding diaryl/α,β-unsaturated/α-hetero) is 1. The molecule has 5 atom stereocenters. The Hall–Kier alpha value is -3.75. The lowest BCUT2D eigenvalue weighted by Gasteiger charge is -2.29. The van der Waals surface area contributed by atoms with Gasteiger partial charge in [-0.1, -0.05) is 25.0 Å². The minimum absolute atomic E-state index is 0.0105. The zero-order valence-electron chi connectivity index (χ0n) is 30.2. The number of aryl methyl sites for hydroxylation is 1. The van der Waals surface area contributed by atoms with Gasteiger partial charge >= 0.3 is 5.97 Å². The van der Waals surface area contributed by atoms with Crippen molar-refractivity contribution in [1.82, 2.24) is 19.6 Å². The van der Waals surface area contributed by atoms with Gasteiger partial charge in [0.1, 0.15) is 17.4 Å². The van der Waals surface area contributed by atoms with Crippen molar-refractivity contribution in [1.29, 1.82) is 0 Å². The van der Waals surface area contributed by atoms with Crippen LogP contribution in [0.2, 0.25) is 0 Å². The normalized spacial score (nSPS) is 28.6. The minimum Gasteiger partial charge on any atom is -0.471 e. The summed E-state index contributed by atoms with van der Waals surface area (Å²) in [5.74, 6) is -7.32. The molecule has 0 spiro atoms. The highest BCUT2D eigenvalue weighted by molar-refractivity contribution is 7.90. The molecular formula is C37H48F2N4O8S. The van der Waals surface area contributed by atoms with Crippen LogP contribution in [0.15, 0.2) is 24.3 Å². The maximum Gasteiger partial charge on any atom is 0.307 e. The molecule has 2 aliphatic carbocycles. The number of fused-ring (bicyclic) bond motifs is 3. The van der Waals surface area contributed by atoms with Crippen LogP contribution >= 0.6 is 0 Å². The van der Waals surface area contributed by atoms with Crippen LogP contribution in [0.4, 0.5) is 8.78 Å². The van der Waals surface area contributed by atoms with Gasteiger partial charge in [0.15, 0.2) is 5.78 Å². The monoisotopic (exact) mass is 746 g/mol. The number of benzene rings is 1. The molecule has 0 bridgehead atoms. The highest BCUT2D eigenvalue weighted by Gasteiger charge is 2.64. The highest BCUT2D eigenvalue weighted by Crippen LogP contribution is 2.60. The Kier molecular flexibility index (Phi) is 10.4. The summed E-state index contributed by atoms with van der Waals surface area (Å²) in [5.41, 5.74) is -0.715. The van der Waals surface area contributed by atoms with Crippen molar-refractivity contribution in [2.24, 2.45) is 17.3 Å². The van der Waals surface area contributed by atoms with E-state index >= 15 is 8.78 Å². The molecule has 284 valence electrons. The van der Waals surface area contributed by atoms with Crippen molar-refractivity contribution in [3.63, 3.8) is 0 Å². The summed E-state index contributed by atoms with van der Waals surface area (Å²) in [7, 11) is -4.02. The number of nitrogens with zero attached hydrogens (tertiary/aromatic N) is 3. The average molecular weight is 747 g/mol. The van der Waals surface area contributed by atoms with Crippen molar-refractivity contribution in [3.8, 4) is 5.88 Å². The number of para-hydroxylation sites is 2. The van der Waals surface area contributed by atoms with E-state index < -0.39 is 99.0 Å². The van der Waals surface area contributed by atoms with Crippen LogP contribution in [0.1, 0.15) is 104 Å². The van der Waals surface area contributed by atoms with Gasteiger partial charge in [-0.25, -0.2) is 27.2 Å². The summed E-state index contributed by atoms with van der Waals surface area (Å²) < 4.78 is 70.2. The van der Waals surface area contributed by atoms with E-state index in [1.54, 1.807) is 33.8 Å². The quantitative estimate of drug-likeness (QED) is 0.373. The number of hydrogen-bond donors (Lipinski definition) is 1. The van der Waals surface area contributed by atoms with Gasteiger partial charge in [-0.15, -0.1) is 0 Å². The fourth-order valence-corrected chi connectivity index (χ4v) is 9.05. The van der Waals surface area contributed by atoms with Gasteiger partial charge in [0, 0.05) is 31.6 Å². The van der Waals surface area contributed by atoms with E-state index in [1.165, 1.54) is 4.90 Å². The molecule has 1 aromatic carbocycles. The second-order valence-corrected chi connectivity index (χ2v) is 18.1. The fraction of sp³-hybridized carbons (Fsp3) is 0.676. The Labute approximate surface area is 302 Å². The first-order valence-electron chi connectivity index (χ1n) is 18.2. The third kappa shape index (κ3) is 8.71. The predicted molar refractivity (Wildman–Crippen MR) is 186 cm³/mol. The van der Waals surface area contributed by atoms with Crippen LogP contribution < -0.4 is 9.46 Å². The second kappa shape index (κ2) is 14.2. The van der Waals surface area contributed by atoms with Gasteiger partial charge in [-0.3, -0.25) is 23.9 Å². The van der Waals surface area contributed by atoms with E-state index in [2.05, 4.69) is 14.7 Å². The lowest BCUT2D eigenvalue weighted by Crippen LogP contribution is -2.46. The number of nitrogens with one attached hydrogen (secondary N) is 1. The molecule has 2 saturated carbocycles. The van der Waals surface area contributed by atoms with E-state index in [4.69, 9.17) is 9.47 Å². The number of rotatable bonds is 7. The fourth-order valence-electron chi connectivity index (χ4n) is 7.66. The number of halogens is 2. The van der Waals surface area contributed by atoms with Crippen molar-refractivity contribution in [2.75, 3.05) is 6.54 Å². The van der Waals surface area contributed by atoms with E-state index in [-0.39, 0.29) is 44.5 Å². The molecule has 2 aliphatic heterocycles. The summed E-state index contributed by atoms with van der Waals surface area (Å²) >= 11 is 0. The van der Waals surface area contributed by atoms with Crippen molar-refractivity contribution >= 4 is 44.6 Å². The molecule has 4 aliphatic rings. The van der Waals surface area contributed by atoms with Gasteiger partial charge < -0.3 is 14.4 Å². The Morgan fingerprint density at radius 2 is 1.71 bits per heavy atom. The number of carbonyl (C=O) groups excluding carboxylic acids is 4. The van der Waals surface area contributed by atoms with E-state index in [0.29, 0.717) is 42.4 Å². The number of amides is 2. The molecule has 3 heterocycles. The first-order valence-corrected chi connectivity index (χ1v) is 19.8. The van der Waals surface area contributed by atoms with Crippen LogP contribution in [0, 0.1) is 24.2 Å². The summed E-state index contributed by atoms with van der Waals surface area (Å²) in [6.07, 6.45) is -0.778. The van der Waals surface area contributed by atoms with Gasteiger partial charge in [-0.05, 0) is 77.8 Å². The maximum atomic E-state index is 15.3. The molecule has 6 rings (SSSR count). The molecule has 0 unspecified atom stereocenters. The summed E-state index contributed by atoms with van der Waals surface area (Å²) in [4.78, 5) is 66.1. The third-order valence-corrected chi connectivity index (χ3v) is 12.4. The van der Waals surface area contributed by atoms with Gasteiger partial charge in [0.25, 0.3) is 0 Å². The van der Waals surface area contributed by atoms with Gasteiger partial charge in [-0.2, -0.15) is 0 Å². The average Bonchev–Trinajstić information content (AvgIpc) is 3.96. The standard InChI is InChI=1S/C37H48F2N4O8S/c1-22-32(41-28-12-8-7-11-27(28)40-22)50-25-17-29-30(44)20-36(34(47)42-52(48,49)26-13-14-26)18-24(36)19-37(38,39)15-9-5-6-10-23(33(46)43(29)21-25)16-31(45)51-35(2,3)4/h7-8,11-12,23-26,29H,5-6,9-10,13-21H2,1-4H3,(H,42,47)/t23-,24+,25-,29+,36-/m1/s1. The molecule has 4 fully saturated rings. The van der Waals surface area contributed by atoms with Crippen LogP contribution in [0.3, 0.4) is 0 Å². The first-order chi connectivity index (χ1) is 24.4. The number of ketones is 1. The number of ether oxygens (including phenoxy) is 2. The van der Waals surface area contributed by atoms with Crippen molar-refractivity contribution < 1.29 is 45.9 Å². The SMILES string of the molecule is Cc1nc2ccccc2nc1O[C@@H]1C[C@H]2C(=O)C[C@]3(C(=O)NS(=O)(=O)C4CC4)C[C@H]3CC(F)(F)CCCCC[C@H](CC(=O)OC(C)(C)C)C(=O)N2C1. The third-order valence-electron chi connectivity index (χ3n) is 10.6. The number of alkyl halides is 2. The molecule has 1 N–H and O–H groups in total. The molecular weight excluding hydrogens is 698 g/mol. The lowest BCUT2D eigenvalue weighted by molar-refractivity contribution is -0.159. The topological polar surface area (TPSA) is 162 Å². The van der Waals surface area contributed by atoms with Crippen LogP contribution in [-0.4, -0.2) is 82.3 Å². The zero-order valence-corrected chi connectivity index (χ0v) is 31.0. The molecule has 15 heteroatoms. The van der Waals surface area contributed by atoms with Crippen molar-refractivity contribution in [3.05, 3.63) is 30.0 Å². The number of hydrogen-bond acceptors (Lipinski definition) is 10. The van der Waals surface area contributed by atoms with Gasteiger partial charge in [0.2, 0.25) is 33.6 Å². The zero-order chi connectivity index (χ0) is 37.6. The minimum atomic E-state index is -4.02. The summed E-state index contributed by atoms with van der Waals surface area (Å²) in [6, 6.07) is 6.13. The summed E-state index contributed by atoms with van der Waals surface area (Å²) in [6.45, 7) is 6.84. The molecule has 0 radical (unpaired) electrons. The Morgan fingerprint density at radius 3 is 2.38 bits per heavy atom. The Morgan fingerprint density at radius 1 is 1.02 bits per heavy atom. The molecule has 12 nitrogen and oxygen atoms in total. The maximum absolute atomic E-state index is 15.3. The largest absolute Gasteiger partial charge is 0.471 e. The second-order valence-electron chi connectivity index (χ2n) is 16.1. The van der Waals surface area contributed by atoms with E-state index in [0.717, 1.165) is 0 Å². The predicted octanol–water partition coefficient (Wildman–Crippen LogP) is 5.20. The smallest absolute Gasteiger partial charge is 0.307 e. The number of esters is 1. The van der Waals surface area contributed by atoms with Crippen LogP contribution in [0.5, 0.6) is 5.88 Å². The first kappa shape index (κ1) is 38.0. The van der Waals surface area contributed by atoms with Crippen LogP contribution in [0.25, 0.3) is 11.0 Å². The Bertz CT molecular complexity index is 1850. The Balaban J connectivity index is 1.32. The lowest BCUT2D eigenvalue weighted by atomic mass is 9.89. The van der Waals surface area contributed by atoms with Crippen molar-refractivity contribution in [2.45, 2.75) is 134 Å². The molecule has 2 saturated heterocycles.